The quantitative estimate of drug-likeness (QED) is 0.831. The van der Waals surface area contributed by atoms with Gasteiger partial charge in [-0.3, -0.25) is 4.90 Å². The maximum atomic E-state index is 6.08. The molecule has 2 saturated heterocycles. The molecule has 1 atom stereocenters. The molecular formula is C18H27ClN2. The summed E-state index contributed by atoms with van der Waals surface area (Å²) in [7, 11) is 0. The highest BCUT2D eigenvalue weighted by Crippen LogP contribution is 2.24. The van der Waals surface area contributed by atoms with Crippen molar-refractivity contribution in [2.75, 3.05) is 26.2 Å². The van der Waals surface area contributed by atoms with E-state index in [4.69, 9.17) is 11.6 Å². The largest absolute Gasteiger partial charge is 0.300 e. The second kappa shape index (κ2) is 7.13. The van der Waals surface area contributed by atoms with Crippen LogP contribution in [0, 0.1) is 5.92 Å². The number of rotatable bonds is 3. The maximum absolute atomic E-state index is 6.08. The van der Waals surface area contributed by atoms with Gasteiger partial charge in [0.2, 0.25) is 0 Å². The third kappa shape index (κ3) is 4.21. The van der Waals surface area contributed by atoms with Crippen LogP contribution in [0.25, 0.3) is 0 Å². The molecule has 2 aliphatic rings. The van der Waals surface area contributed by atoms with E-state index < -0.39 is 0 Å². The molecule has 21 heavy (non-hydrogen) atoms. The van der Waals surface area contributed by atoms with Crippen molar-refractivity contribution in [3.05, 3.63) is 34.9 Å². The third-order valence-corrected chi connectivity index (χ3v) is 5.29. The number of halogens is 1. The molecule has 116 valence electrons. The fourth-order valence-corrected chi connectivity index (χ4v) is 4.11. The Morgan fingerprint density at radius 1 is 1.14 bits per heavy atom. The fourth-order valence-electron chi connectivity index (χ4n) is 3.89. The summed E-state index contributed by atoms with van der Waals surface area (Å²) in [5.74, 6) is 0.892. The molecule has 2 fully saturated rings. The molecule has 2 aliphatic heterocycles. The van der Waals surface area contributed by atoms with Gasteiger partial charge >= 0.3 is 0 Å². The first-order valence-corrected chi connectivity index (χ1v) is 8.79. The molecule has 2 nitrogen and oxygen atoms in total. The monoisotopic (exact) mass is 306 g/mol. The Morgan fingerprint density at radius 3 is 2.67 bits per heavy atom. The molecule has 0 spiro atoms. The van der Waals surface area contributed by atoms with Gasteiger partial charge < -0.3 is 4.90 Å². The molecule has 0 radical (unpaired) electrons. The van der Waals surface area contributed by atoms with Crippen molar-refractivity contribution in [2.24, 2.45) is 5.92 Å². The van der Waals surface area contributed by atoms with Gasteiger partial charge in [0, 0.05) is 24.2 Å². The minimum Gasteiger partial charge on any atom is -0.300 e. The minimum absolute atomic E-state index is 0.823. The van der Waals surface area contributed by atoms with E-state index >= 15 is 0 Å². The first-order valence-electron chi connectivity index (χ1n) is 8.41. The molecule has 1 aromatic carbocycles. The molecule has 0 bridgehead atoms. The highest BCUT2D eigenvalue weighted by molar-refractivity contribution is 6.30. The fraction of sp³-hybridized carbons (Fsp3) is 0.667. The van der Waals surface area contributed by atoms with Gasteiger partial charge in [0.25, 0.3) is 0 Å². The standard InChI is InChI=1S/C18H27ClN2/c1-15-4-3-9-21(13-15)18-7-10-20(11-8-18)14-16-5-2-6-17(19)12-16/h2,5-6,12,15,18H,3-4,7-11,13-14H2,1H3. The first kappa shape index (κ1) is 15.3. The Bertz CT molecular complexity index is 454. The Hall–Kier alpha value is -0.570. The number of nitrogens with zero attached hydrogens (tertiary/aromatic N) is 2. The van der Waals surface area contributed by atoms with Gasteiger partial charge in [0.15, 0.2) is 0 Å². The molecular weight excluding hydrogens is 280 g/mol. The summed E-state index contributed by atoms with van der Waals surface area (Å²) in [6.07, 6.45) is 5.47. The van der Waals surface area contributed by atoms with Crippen LogP contribution in [-0.4, -0.2) is 42.0 Å². The van der Waals surface area contributed by atoms with Crippen molar-refractivity contribution in [2.45, 2.75) is 45.2 Å². The molecule has 0 amide bonds. The van der Waals surface area contributed by atoms with Gasteiger partial charge in [0.05, 0.1) is 0 Å². The summed E-state index contributed by atoms with van der Waals surface area (Å²) in [5, 5.41) is 0.852. The lowest BCUT2D eigenvalue weighted by Gasteiger charge is -2.41. The Morgan fingerprint density at radius 2 is 1.95 bits per heavy atom. The van der Waals surface area contributed by atoms with Crippen LogP contribution in [0.2, 0.25) is 5.02 Å². The predicted molar refractivity (Wildman–Crippen MR) is 89.7 cm³/mol. The van der Waals surface area contributed by atoms with Crippen LogP contribution in [0.4, 0.5) is 0 Å². The van der Waals surface area contributed by atoms with E-state index in [1.54, 1.807) is 0 Å². The SMILES string of the molecule is CC1CCCN(C2CCN(Cc3cccc(Cl)c3)CC2)C1. The summed E-state index contributed by atoms with van der Waals surface area (Å²) < 4.78 is 0. The molecule has 0 N–H and O–H groups in total. The van der Waals surface area contributed by atoms with E-state index in [1.807, 2.05) is 6.07 Å². The molecule has 0 saturated carbocycles. The summed E-state index contributed by atoms with van der Waals surface area (Å²) in [6.45, 7) is 8.54. The molecule has 3 heteroatoms. The number of piperidine rings is 2. The second-order valence-electron chi connectivity index (χ2n) is 6.88. The van der Waals surface area contributed by atoms with E-state index in [1.165, 1.54) is 57.4 Å². The van der Waals surface area contributed by atoms with Crippen molar-refractivity contribution >= 4 is 11.6 Å². The Kier molecular flexibility index (Phi) is 5.20. The van der Waals surface area contributed by atoms with Crippen LogP contribution >= 0.6 is 11.6 Å². The van der Waals surface area contributed by atoms with Gasteiger partial charge in [-0.05, 0) is 68.9 Å². The Labute approximate surface area is 134 Å². The van der Waals surface area contributed by atoms with Crippen molar-refractivity contribution in [1.29, 1.82) is 0 Å². The first-order chi connectivity index (χ1) is 10.2. The van der Waals surface area contributed by atoms with Gasteiger partial charge in [-0.1, -0.05) is 30.7 Å². The van der Waals surface area contributed by atoms with Crippen LogP contribution in [-0.2, 0) is 6.54 Å². The van der Waals surface area contributed by atoms with Crippen LogP contribution in [0.1, 0.15) is 38.2 Å². The van der Waals surface area contributed by atoms with E-state index in [0.29, 0.717) is 0 Å². The molecule has 2 heterocycles. The van der Waals surface area contributed by atoms with Gasteiger partial charge in [-0.15, -0.1) is 0 Å². The van der Waals surface area contributed by atoms with E-state index in [2.05, 4.69) is 34.9 Å². The molecule has 0 aliphatic carbocycles. The summed E-state index contributed by atoms with van der Waals surface area (Å²) in [6, 6.07) is 9.11. The van der Waals surface area contributed by atoms with Crippen LogP contribution in [0.5, 0.6) is 0 Å². The predicted octanol–water partition coefficient (Wildman–Crippen LogP) is 4.04. The number of hydrogen-bond acceptors (Lipinski definition) is 2. The zero-order valence-electron chi connectivity index (χ0n) is 13.1. The van der Waals surface area contributed by atoms with Gasteiger partial charge in [-0.2, -0.15) is 0 Å². The lowest BCUT2D eigenvalue weighted by molar-refractivity contribution is 0.0729. The summed E-state index contributed by atoms with van der Waals surface area (Å²) >= 11 is 6.08. The topological polar surface area (TPSA) is 6.48 Å². The van der Waals surface area contributed by atoms with Gasteiger partial charge in [-0.25, -0.2) is 0 Å². The zero-order valence-corrected chi connectivity index (χ0v) is 13.9. The maximum Gasteiger partial charge on any atom is 0.0409 e. The van der Waals surface area contributed by atoms with Crippen LogP contribution < -0.4 is 0 Å². The lowest BCUT2D eigenvalue weighted by Crippen LogP contribution is -2.47. The van der Waals surface area contributed by atoms with Crippen molar-refractivity contribution in [3.63, 3.8) is 0 Å². The van der Waals surface area contributed by atoms with Crippen molar-refractivity contribution in [3.8, 4) is 0 Å². The zero-order chi connectivity index (χ0) is 14.7. The second-order valence-corrected chi connectivity index (χ2v) is 7.32. The molecule has 1 unspecified atom stereocenters. The third-order valence-electron chi connectivity index (χ3n) is 5.06. The van der Waals surface area contributed by atoms with E-state index in [9.17, 15) is 0 Å². The number of likely N-dealkylation sites (tertiary alicyclic amines) is 2. The van der Waals surface area contributed by atoms with Crippen molar-refractivity contribution in [1.82, 2.24) is 9.80 Å². The van der Waals surface area contributed by atoms with Crippen molar-refractivity contribution < 1.29 is 0 Å². The number of benzene rings is 1. The average molecular weight is 307 g/mol. The summed E-state index contributed by atoms with van der Waals surface area (Å²) in [4.78, 5) is 5.33. The summed E-state index contributed by atoms with van der Waals surface area (Å²) in [5.41, 5.74) is 1.34. The number of hydrogen-bond donors (Lipinski definition) is 0. The highest BCUT2D eigenvalue weighted by Gasteiger charge is 2.27. The molecule has 1 aromatic rings. The average Bonchev–Trinajstić information content (AvgIpc) is 2.48. The normalized spacial score (nSPS) is 26.1. The molecule has 3 rings (SSSR count). The smallest absolute Gasteiger partial charge is 0.0409 e. The molecule has 0 aromatic heterocycles. The van der Waals surface area contributed by atoms with Gasteiger partial charge in [0.1, 0.15) is 0 Å². The van der Waals surface area contributed by atoms with E-state index in [0.717, 1.165) is 23.5 Å². The van der Waals surface area contributed by atoms with Crippen LogP contribution in [0.3, 0.4) is 0 Å². The Balaban J connectivity index is 1.48. The lowest BCUT2D eigenvalue weighted by atomic mass is 9.95. The minimum atomic E-state index is 0.823. The van der Waals surface area contributed by atoms with Crippen LogP contribution in [0.15, 0.2) is 24.3 Å². The highest BCUT2D eigenvalue weighted by atomic mass is 35.5. The van der Waals surface area contributed by atoms with E-state index in [-0.39, 0.29) is 0 Å².